The number of likely N-dealkylation sites (tertiary alicyclic amines) is 1. The summed E-state index contributed by atoms with van der Waals surface area (Å²) in [6.45, 7) is 3.96. The number of benzene rings is 1. The van der Waals surface area contributed by atoms with Gasteiger partial charge in [-0.25, -0.2) is 4.79 Å². The Morgan fingerprint density at radius 2 is 2.21 bits per heavy atom. The highest BCUT2D eigenvalue weighted by atomic mass is 35.5. The maximum atomic E-state index is 12.7. The van der Waals surface area contributed by atoms with Crippen molar-refractivity contribution in [1.82, 2.24) is 15.5 Å². The Balaban J connectivity index is 0.00000208. The Kier molecular flexibility index (Phi) is 6.45. The number of anilines is 1. The molecule has 6 nitrogen and oxygen atoms in total. The molecule has 2 saturated heterocycles. The van der Waals surface area contributed by atoms with Gasteiger partial charge in [0, 0.05) is 37.4 Å². The zero-order chi connectivity index (χ0) is 16.2. The number of halogens is 1. The van der Waals surface area contributed by atoms with E-state index < -0.39 is 0 Å². The molecule has 0 bridgehead atoms. The molecule has 1 aromatic rings. The van der Waals surface area contributed by atoms with Crippen molar-refractivity contribution in [2.75, 3.05) is 44.7 Å². The fraction of sp³-hybridized carbons (Fsp3) is 0.529. The average Bonchev–Trinajstić information content (AvgIpc) is 3.04. The Morgan fingerprint density at radius 3 is 2.96 bits per heavy atom. The largest absolute Gasteiger partial charge is 0.338 e. The van der Waals surface area contributed by atoms with E-state index in [-0.39, 0.29) is 24.3 Å². The minimum atomic E-state index is -0.0869. The van der Waals surface area contributed by atoms with Crippen LogP contribution >= 0.6 is 12.4 Å². The van der Waals surface area contributed by atoms with Gasteiger partial charge in [-0.05, 0) is 50.6 Å². The summed E-state index contributed by atoms with van der Waals surface area (Å²) in [6.07, 6.45) is 1.96. The van der Waals surface area contributed by atoms with Gasteiger partial charge < -0.3 is 15.5 Å². The molecule has 1 unspecified atom stereocenters. The molecule has 3 amide bonds. The molecular formula is C17H25ClN4O2. The van der Waals surface area contributed by atoms with Crippen LogP contribution in [0.2, 0.25) is 0 Å². The first kappa shape index (κ1) is 18.5. The zero-order valence-electron chi connectivity index (χ0n) is 14.0. The molecule has 0 aromatic heterocycles. The van der Waals surface area contributed by atoms with Crippen LogP contribution in [0, 0.1) is 5.92 Å². The fourth-order valence-electron chi connectivity index (χ4n) is 3.34. The van der Waals surface area contributed by atoms with Crippen LogP contribution in [0.4, 0.5) is 10.5 Å². The van der Waals surface area contributed by atoms with Crippen molar-refractivity contribution >= 4 is 30.0 Å². The summed E-state index contributed by atoms with van der Waals surface area (Å²) in [7, 11) is 1.94. The third-order valence-corrected chi connectivity index (χ3v) is 4.55. The number of hydrogen-bond acceptors (Lipinski definition) is 3. The van der Waals surface area contributed by atoms with Crippen LogP contribution < -0.4 is 15.5 Å². The van der Waals surface area contributed by atoms with Crippen molar-refractivity contribution < 1.29 is 9.59 Å². The molecule has 0 aliphatic carbocycles. The van der Waals surface area contributed by atoms with Gasteiger partial charge in [0.1, 0.15) is 0 Å². The van der Waals surface area contributed by atoms with E-state index in [1.165, 1.54) is 0 Å². The summed E-state index contributed by atoms with van der Waals surface area (Å²) in [4.78, 5) is 28.3. The van der Waals surface area contributed by atoms with E-state index in [1.807, 2.05) is 36.2 Å². The lowest BCUT2D eigenvalue weighted by molar-refractivity contribution is 0.0787. The number of rotatable bonds is 4. The first-order valence-corrected chi connectivity index (χ1v) is 8.28. The fourth-order valence-corrected chi connectivity index (χ4v) is 3.34. The van der Waals surface area contributed by atoms with E-state index in [9.17, 15) is 9.59 Å². The average molecular weight is 353 g/mol. The number of urea groups is 1. The second kappa shape index (κ2) is 8.35. The standard InChI is InChI=1S/C17H24N4O2.ClH/c1-18-11-13-6-9-20(12-13)16(22)14-4-2-5-15(10-14)21-8-3-7-19-17(21)23;/h2,4-5,10,13,18H,3,6-9,11-12H2,1H3,(H,19,23);1H. The van der Waals surface area contributed by atoms with Gasteiger partial charge in [-0.1, -0.05) is 6.07 Å². The maximum absolute atomic E-state index is 12.7. The summed E-state index contributed by atoms with van der Waals surface area (Å²) in [6, 6.07) is 7.31. The molecule has 2 heterocycles. The highest BCUT2D eigenvalue weighted by Crippen LogP contribution is 2.22. The van der Waals surface area contributed by atoms with Gasteiger partial charge in [-0.15, -0.1) is 12.4 Å². The van der Waals surface area contributed by atoms with Crippen LogP contribution in [0.1, 0.15) is 23.2 Å². The third-order valence-electron chi connectivity index (χ3n) is 4.55. The van der Waals surface area contributed by atoms with Crippen molar-refractivity contribution in [3.05, 3.63) is 29.8 Å². The van der Waals surface area contributed by atoms with Gasteiger partial charge in [-0.2, -0.15) is 0 Å². The van der Waals surface area contributed by atoms with Crippen LogP contribution in [-0.2, 0) is 0 Å². The number of nitrogens with zero attached hydrogens (tertiary/aromatic N) is 2. The molecule has 132 valence electrons. The molecule has 0 radical (unpaired) electrons. The molecule has 1 atom stereocenters. The van der Waals surface area contributed by atoms with E-state index in [1.54, 1.807) is 4.90 Å². The second-order valence-electron chi connectivity index (χ2n) is 6.25. The van der Waals surface area contributed by atoms with Crippen molar-refractivity contribution in [3.8, 4) is 0 Å². The SMILES string of the molecule is CNCC1CCN(C(=O)c2cccc(N3CCCNC3=O)c2)C1.Cl. The van der Waals surface area contributed by atoms with E-state index in [0.29, 0.717) is 24.6 Å². The predicted octanol–water partition coefficient (Wildman–Crippen LogP) is 1.71. The van der Waals surface area contributed by atoms with Crippen LogP contribution in [0.15, 0.2) is 24.3 Å². The summed E-state index contributed by atoms with van der Waals surface area (Å²) < 4.78 is 0. The van der Waals surface area contributed by atoms with E-state index >= 15 is 0 Å². The van der Waals surface area contributed by atoms with Crippen LogP contribution in [0.3, 0.4) is 0 Å². The van der Waals surface area contributed by atoms with Crippen molar-refractivity contribution in [2.45, 2.75) is 12.8 Å². The minimum absolute atomic E-state index is 0. The van der Waals surface area contributed by atoms with E-state index in [4.69, 9.17) is 0 Å². The Bertz CT molecular complexity index is 596. The maximum Gasteiger partial charge on any atom is 0.321 e. The number of amides is 3. The van der Waals surface area contributed by atoms with Crippen LogP contribution in [-0.4, -0.2) is 56.6 Å². The Labute approximate surface area is 149 Å². The van der Waals surface area contributed by atoms with Gasteiger partial charge in [0.15, 0.2) is 0 Å². The quantitative estimate of drug-likeness (QED) is 0.867. The topological polar surface area (TPSA) is 64.7 Å². The molecule has 2 aliphatic rings. The van der Waals surface area contributed by atoms with Gasteiger partial charge in [0.05, 0.1) is 0 Å². The zero-order valence-corrected chi connectivity index (χ0v) is 14.8. The van der Waals surface area contributed by atoms with Crippen molar-refractivity contribution in [1.29, 1.82) is 0 Å². The highest BCUT2D eigenvalue weighted by Gasteiger charge is 2.27. The van der Waals surface area contributed by atoms with E-state index in [0.717, 1.165) is 38.2 Å². The molecule has 0 saturated carbocycles. The van der Waals surface area contributed by atoms with Crippen molar-refractivity contribution in [3.63, 3.8) is 0 Å². The number of nitrogens with one attached hydrogen (secondary N) is 2. The monoisotopic (exact) mass is 352 g/mol. The first-order valence-electron chi connectivity index (χ1n) is 8.28. The first-order chi connectivity index (χ1) is 11.2. The Morgan fingerprint density at radius 1 is 1.38 bits per heavy atom. The number of carbonyl (C=O) groups is 2. The summed E-state index contributed by atoms with van der Waals surface area (Å²) in [5.74, 6) is 0.586. The molecule has 3 rings (SSSR count). The molecule has 2 fully saturated rings. The van der Waals surface area contributed by atoms with Gasteiger partial charge >= 0.3 is 6.03 Å². The molecule has 2 aliphatic heterocycles. The molecule has 7 heteroatoms. The predicted molar refractivity (Wildman–Crippen MR) is 97.0 cm³/mol. The molecule has 1 aromatic carbocycles. The lowest BCUT2D eigenvalue weighted by Crippen LogP contribution is -2.46. The highest BCUT2D eigenvalue weighted by molar-refractivity contribution is 5.98. The molecule has 24 heavy (non-hydrogen) atoms. The third kappa shape index (κ3) is 3.99. The smallest absolute Gasteiger partial charge is 0.321 e. The molecule has 2 N–H and O–H groups in total. The lowest BCUT2D eigenvalue weighted by atomic mass is 10.1. The van der Waals surface area contributed by atoms with Gasteiger partial charge in [0.25, 0.3) is 5.91 Å². The minimum Gasteiger partial charge on any atom is -0.338 e. The summed E-state index contributed by atoms with van der Waals surface area (Å²) in [5, 5.41) is 6.02. The summed E-state index contributed by atoms with van der Waals surface area (Å²) in [5.41, 5.74) is 1.45. The molecule has 0 spiro atoms. The summed E-state index contributed by atoms with van der Waals surface area (Å²) >= 11 is 0. The molecular weight excluding hydrogens is 328 g/mol. The van der Waals surface area contributed by atoms with Gasteiger partial charge in [-0.3, -0.25) is 9.69 Å². The van der Waals surface area contributed by atoms with Gasteiger partial charge in [0.2, 0.25) is 0 Å². The van der Waals surface area contributed by atoms with Crippen molar-refractivity contribution in [2.24, 2.45) is 5.92 Å². The number of hydrogen-bond donors (Lipinski definition) is 2. The van der Waals surface area contributed by atoms with Crippen LogP contribution in [0.25, 0.3) is 0 Å². The lowest BCUT2D eigenvalue weighted by Gasteiger charge is -2.28. The number of carbonyl (C=O) groups excluding carboxylic acids is 2. The van der Waals surface area contributed by atoms with Crippen LogP contribution in [0.5, 0.6) is 0 Å². The van der Waals surface area contributed by atoms with E-state index in [2.05, 4.69) is 10.6 Å². The Hall–Kier alpha value is -1.79. The second-order valence-corrected chi connectivity index (χ2v) is 6.25. The normalized spacial score (nSPS) is 20.5.